The lowest BCUT2D eigenvalue weighted by molar-refractivity contribution is 0.555. The summed E-state index contributed by atoms with van der Waals surface area (Å²) >= 11 is 12.0. The van der Waals surface area contributed by atoms with Crippen molar-refractivity contribution in [2.24, 2.45) is 5.14 Å². The second-order valence-corrected chi connectivity index (χ2v) is 7.77. The third kappa shape index (κ3) is 3.71. The van der Waals surface area contributed by atoms with Gasteiger partial charge >= 0.3 is 0 Å². The second-order valence-electron chi connectivity index (χ2n) is 5.37. The van der Waals surface area contributed by atoms with Crippen LogP contribution in [0, 0.1) is 11.6 Å². The van der Waals surface area contributed by atoms with Crippen molar-refractivity contribution in [1.82, 2.24) is 4.98 Å². The highest BCUT2D eigenvalue weighted by molar-refractivity contribution is 7.89. The van der Waals surface area contributed by atoms with Crippen LogP contribution in [0.3, 0.4) is 0 Å². The van der Waals surface area contributed by atoms with Crippen LogP contribution in [-0.4, -0.2) is 13.4 Å². The molecule has 0 fully saturated rings. The molecule has 3 aromatic rings. The van der Waals surface area contributed by atoms with Crippen molar-refractivity contribution in [2.45, 2.75) is 4.90 Å². The van der Waals surface area contributed by atoms with Crippen LogP contribution >= 0.6 is 23.2 Å². The standard InChI is InChI=1S/C17H10Cl2F2N2O2S/c18-10-4-9(5-11(19)6-10)17-12(2-1-3-23-17)13-7-15(21)16(8-14(13)20)26(22,24)25/h1-8H,(H2,22,24,25). The molecular formula is C17H10Cl2F2N2O2S. The van der Waals surface area contributed by atoms with Gasteiger partial charge in [-0.1, -0.05) is 29.3 Å². The van der Waals surface area contributed by atoms with Crippen molar-refractivity contribution in [3.05, 3.63) is 70.3 Å². The molecule has 0 aliphatic carbocycles. The van der Waals surface area contributed by atoms with E-state index in [1.54, 1.807) is 12.1 Å². The molecule has 0 saturated heterocycles. The highest BCUT2D eigenvalue weighted by Gasteiger charge is 2.21. The summed E-state index contributed by atoms with van der Waals surface area (Å²) in [5.41, 5.74) is 0.865. The van der Waals surface area contributed by atoms with Gasteiger partial charge in [-0.15, -0.1) is 0 Å². The maximum atomic E-state index is 14.5. The average molecular weight is 415 g/mol. The maximum Gasteiger partial charge on any atom is 0.241 e. The Balaban J connectivity index is 2.25. The maximum absolute atomic E-state index is 14.5. The topological polar surface area (TPSA) is 73.1 Å². The molecule has 0 aliphatic heterocycles. The Hall–Kier alpha value is -2.06. The van der Waals surface area contributed by atoms with Gasteiger partial charge in [0.15, 0.2) is 0 Å². The van der Waals surface area contributed by atoms with Crippen LogP contribution in [0.15, 0.2) is 53.6 Å². The second kappa shape index (κ2) is 6.92. The summed E-state index contributed by atoms with van der Waals surface area (Å²) in [5, 5.41) is 5.59. The highest BCUT2D eigenvalue weighted by atomic mass is 35.5. The van der Waals surface area contributed by atoms with E-state index in [9.17, 15) is 17.2 Å². The molecule has 1 aromatic heterocycles. The number of rotatable bonds is 3. The number of sulfonamides is 1. The van der Waals surface area contributed by atoms with E-state index in [0.29, 0.717) is 27.4 Å². The Morgan fingerprint density at radius 1 is 0.923 bits per heavy atom. The van der Waals surface area contributed by atoms with E-state index >= 15 is 0 Å². The van der Waals surface area contributed by atoms with Crippen LogP contribution in [0.4, 0.5) is 8.78 Å². The number of benzene rings is 2. The van der Waals surface area contributed by atoms with Gasteiger partial charge in [0.05, 0.1) is 5.69 Å². The molecule has 0 atom stereocenters. The van der Waals surface area contributed by atoms with E-state index in [1.165, 1.54) is 24.4 Å². The Labute approximate surface area is 158 Å². The molecule has 0 saturated carbocycles. The summed E-state index contributed by atoms with van der Waals surface area (Å²) < 4.78 is 51.4. The van der Waals surface area contributed by atoms with Crippen LogP contribution in [-0.2, 0) is 10.0 Å². The zero-order chi connectivity index (χ0) is 19.1. The molecule has 134 valence electrons. The molecule has 2 N–H and O–H groups in total. The summed E-state index contributed by atoms with van der Waals surface area (Å²) in [6.45, 7) is 0. The van der Waals surface area contributed by atoms with E-state index in [2.05, 4.69) is 4.98 Å². The molecule has 0 radical (unpaired) electrons. The molecular weight excluding hydrogens is 405 g/mol. The van der Waals surface area contributed by atoms with Crippen molar-refractivity contribution in [1.29, 1.82) is 0 Å². The summed E-state index contributed by atoms with van der Waals surface area (Å²) in [5.74, 6) is -2.12. The summed E-state index contributed by atoms with van der Waals surface area (Å²) in [4.78, 5) is 3.28. The molecule has 0 amide bonds. The first-order chi connectivity index (χ1) is 12.2. The molecule has 26 heavy (non-hydrogen) atoms. The normalized spacial score (nSPS) is 11.6. The number of primary sulfonamides is 1. The molecule has 9 heteroatoms. The number of hydrogen-bond donors (Lipinski definition) is 1. The van der Waals surface area contributed by atoms with Gasteiger partial charge < -0.3 is 0 Å². The number of nitrogens with two attached hydrogens (primary N) is 1. The fraction of sp³-hybridized carbons (Fsp3) is 0. The van der Waals surface area contributed by atoms with Gasteiger partial charge in [-0.3, -0.25) is 4.98 Å². The van der Waals surface area contributed by atoms with E-state index in [0.717, 1.165) is 6.07 Å². The lowest BCUT2D eigenvalue weighted by Crippen LogP contribution is -2.14. The van der Waals surface area contributed by atoms with Crippen LogP contribution in [0.25, 0.3) is 22.4 Å². The Bertz CT molecular complexity index is 1100. The number of halogens is 4. The molecule has 3 rings (SSSR count). The third-order valence-corrected chi connectivity index (χ3v) is 4.92. The Morgan fingerprint density at radius 3 is 2.19 bits per heavy atom. The lowest BCUT2D eigenvalue weighted by Gasteiger charge is -2.12. The first-order valence-electron chi connectivity index (χ1n) is 7.10. The molecule has 0 spiro atoms. The zero-order valence-electron chi connectivity index (χ0n) is 12.9. The number of hydrogen-bond acceptors (Lipinski definition) is 3. The smallest absolute Gasteiger partial charge is 0.241 e. The van der Waals surface area contributed by atoms with Gasteiger partial charge in [0.25, 0.3) is 0 Å². The van der Waals surface area contributed by atoms with E-state index < -0.39 is 26.6 Å². The van der Waals surface area contributed by atoms with E-state index in [1.807, 2.05) is 0 Å². The monoisotopic (exact) mass is 414 g/mol. The third-order valence-electron chi connectivity index (χ3n) is 3.56. The van der Waals surface area contributed by atoms with Gasteiger partial charge in [0, 0.05) is 32.9 Å². The summed E-state index contributed by atoms with van der Waals surface area (Å²) in [6.07, 6.45) is 1.47. The Kier molecular flexibility index (Phi) is 4.98. The van der Waals surface area contributed by atoms with Crippen LogP contribution in [0.2, 0.25) is 10.0 Å². The first kappa shape index (κ1) is 18.7. The predicted octanol–water partition coefficient (Wildman–Crippen LogP) is 4.65. The van der Waals surface area contributed by atoms with Crippen LogP contribution in [0.5, 0.6) is 0 Å². The van der Waals surface area contributed by atoms with Crippen molar-refractivity contribution in [3.8, 4) is 22.4 Å². The fourth-order valence-electron chi connectivity index (χ4n) is 2.50. The number of nitrogens with zero attached hydrogens (tertiary/aromatic N) is 1. The van der Waals surface area contributed by atoms with Crippen molar-refractivity contribution in [3.63, 3.8) is 0 Å². The van der Waals surface area contributed by atoms with E-state index in [4.69, 9.17) is 28.3 Å². The molecule has 2 aromatic carbocycles. The Morgan fingerprint density at radius 2 is 1.58 bits per heavy atom. The largest absolute Gasteiger partial charge is 0.256 e. The van der Waals surface area contributed by atoms with E-state index in [-0.39, 0.29) is 11.1 Å². The molecule has 0 aliphatic rings. The highest BCUT2D eigenvalue weighted by Crippen LogP contribution is 2.35. The van der Waals surface area contributed by atoms with Crippen molar-refractivity contribution < 1.29 is 17.2 Å². The SMILES string of the molecule is NS(=O)(=O)c1cc(F)c(-c2cccnc2-c2cc(Cl)cc(Cl)c2)cc1F. The predicted molar refractivity (Wildman–Crippen MR) is 96.4 cm³/mol. The fourth-order valence-corrected chi connectivity index (χ4v) is 3.62. The number of pyridine rings is 1. The van der Waals surface area contributed by atoms with Gasteiger partial charge in [-0.25, -0.2) is 22.3 Å². The molecule has 0 bridgehead atoms. The van der Waals surface area contributed by atoms with Gasteiger partial charge in [0.2, 0.25) is 10.0 Å². The first-order valence-corrected chi connectivity index (χ1v) is 9.41. The van der Waals surface area contributed by atoms with Gasteiger partial charge in [-0.05, 0) is 36.4 Å². The van der Waals surface area contributed by atoms with Gasteiger partial charge in [-0.2, -0.15) is 0 Å². The lowest BCUT2D eigenvalue weighted by atomic mass is 9.99. The van der Waals surface area contributed by atoms with Crippen molar-refractivity contribution >= 4 is 33.2 Å². The minimum absolute atomic E-state index is 0.172. The zero-order valence-corrected chi connectivity index (χ0v) is 15.2. The molecule has 4 nitrogen and oxygen atoms in total. The van der Waals surface area contributed by atoms with Crippen molar-refractivity contribution in [2.75, 3.05) is 0 Å². The quantitative estimate of drug-likeness (QED) is 0.677. The van der Waals surface area contributed by atoms with Crippen LogP contribution < -0.4 is 5.14 Å². The number of aromatic nitrogens is 1. The summed E-state index contributed by atoms with van der Waals surface area (Å²) in [6, 6.07) is 9.04. The molecule has 1 heterocycles. The summed E-state index contributed by atoms with van der Waals surface area (Å²) in [7, 11) is -4.39. The minimum atomic E-state index is -4.39. The average Bonchev–Trinajstić information content (AvgIpc) is 2.55. The minimum Gasteiger partial charge on any atom is -0.256 e. The van der Waals surface area contributed by atoms with Crippen LogP contribution in [0.1, 0.15) is 0 Å². The van der Waals surface area contributed by atoms with Gasteiger partial charge in [0.1, 0.15) is 16.5 Å². The molecule has 0 unspecified atom stereocenters.